The van der Waals surface area contributed by atoms with E-state index in [-0.39, 0.29) is 31.3 Å². The van der Waals surface area contributed by atoms with Crippen LogP contribution in [0.5, 0.6) is 0 Å². The van der Waals surface area contributed by atoms with Crippen molar-refractivity contribution < 1.29 is 33.0 Å². The normalized spacial score (nSPS) is 12.9. The number of methoxy groups -OCH3 is 1. The lowest BCUT2D eigenvalue weighted by Crippen LogP contribution is -2.53. The van der Waals surface area contributed by atoms with E-state index in [1.54, 1.807) is 20.8 Å². The van der Waals surface area contributed by atoms with Gasteiger partial charge < -0.3 is 24.0 Å². The lowest BCUT2D eigenvalue weighted by Gasteiger charge is -2.38. The third-order valence-corrected chi connectivity index (χ3v) is 10.1. The summed E-state index contributed by atoms with van der Waals surface area (Å²) in [5.74, 6) is -0.608. The van der Waals surface area contributed by atoms with Crippen LogP contribution in [0.15, 0.2) is 30.3 Å². The summed E-state index contributed by atoms with van der Waals surface area (Å²) < 4.78 is 21.9. The van der Waals surface area contributed by atoms with Crippen LogP contribution < -0.4 is 5.32 Å². The molecule has 0 fully saturated rings. The van der Waals surface area contributed by atoms with E-state index in [9.17, 15) is 14.4 Å². The average Bonchev–Trinajstić information content (AvgIpc) is 2.73. The fraction of sp³-hybridized carbons (Fsp3) is 0.640. The number of esters is 1. The minimum Gasteiger partial charge on any atom is -0.468 e. The Morgan fingerprint density at radius 3 is 2.14 bits per heavy atom. The number of rotatable bonds is 10. The molecule has 0 heterocycles. The summed E-state index contributed by atoms with van der Waals surface area (Å²) in [6.45, 7) is 15.6. The first-order valence-corrected chi connectivity index (χ1v) is 14.6. The summed E-state index contributed by atoms with van der Waals surface area (Å²) in [6, 6.07) is 8.57. The molecule has 1 atom stereocenters. The smallest absolute Gasteiger partial charge is 0.410 e. The summed E-state index contributed by atoms with van der Waals surface area (Å²) in [5, 5.41) is 2.73. The Bertz CT molecular complexity index is 832. The van der Waals surface area contributed by atoms with Gasteiger partial charge in [-0.1, -0.05) is 51.1 Å². The van der Waals surface area contributed by atoms with Crippen LogP contribution in [0, 0.1) is 0 Å². The fourth-order valence-electron chi connectivity index (χ4n) is 2.64. The van der Waals surface area contributed by atoms with Crippen LogP contribution in [0.25, 0.3) is 0 Å². The summed E-state index contributed by atoms with van der Waals surface area (Å²) in [4.78, 5) is 38.7. The molecule has 1 N–H and O–H groups in total. The lowest BCUT2D eigenvalue weighted by atomic mass is 10.2. The highest BCUT2D eigenvalue weighted by Crippen LogP contribution is 2.36. The van der Waals surface area contributed by atoms with Gasteiger partial charge in [0.1, 0.15) is 18.8 Å². The topological polar surface area (TPSA) is 103 Å². The quantitative estimate of drug-likeness (QED) is 0.276. The maximum atomic E-state index is 12.9. The van der Waals surface area contributed by atoms with Crippen LogP contribution in [0.4, 0.5) is 9.59 Å². The molecule has 10 heteroatoms. The largest absolute Gasteiger partial charge is 0.468 e. The molecule has 1 aromatic carbocycles. The first-order valence-electron chi connectivity index (χ1n) is 11.7. The van der Waals surface area contributed by atoms with Crippen molar-refractivity contribution >= 4 is 26.5 Å². The van der Waals surface area contributed by atoms with Gasteiger partial charge in [-0.25, -0.2) is 9.59 Å². The standard InChI is InChI=1S/C25H42N2O7Si/c1-24(2,3)34-22(29)26-20(18-33-35(8,9)25(4,5)6)15-27(16-21(28)31-7)23(30)32-17-19-13-11-10-12-14-19/h10-14,20H,15-18H2,1-9H3,(H,26,29). The predicted octanol–water partition coefficient (Wildman–Crippen LogP) is 4.71. The zero-order chi connectivity index (χ0) is 26.9. The Hall–Kier alpha value is -2.59. The van der Waals surface area contributed by atoms with Crippen LogP contribution in [0.3, 0.4) is 0 Å². The summed E-state index contributed by atoms with van der Waals surface area (Å²) in [6.07, 6.45) is -1.35. The van der Waals surface area contributed by atoms with Gasteiger partial charge in [0.15, 0.2) is 8.32 Å². The molecule has 0 aliphatic heterocycles. The van der Waals surface area contributed by atoms with Crippen molar-refractivity contribution in [2.24, 2.45) is 0 Å². The molecule has 1 unspecified atom stereocenters. The molecule has 1 aromatic rings. The first kappa shape index (κ1) is 30.4. The zero-order valence-corrected chi connectivity index (χ0v) is 23.6. The third kappa shape index (κ3) is 11.6. The summed E-state index contributed by atoms with van der Waals surface area (Å²) in [7, 11) is -0.918. The molecular formula is C25H42N2O7Si. The van der Waals surface area contributed by atoms with Crippen LogP contribution in [0.1, 0.15) is 47.1 Å². The van der Waals surface area contributed by atoms with Gasteiger partial charge in [0.05, 0.1) is 19.8 Å². The monoisotopic (exact) mass is 510 g/mol. The van der Waals surface area contributed by atoms with E-state index in [0.717, 1.165) is 5.56 Å². The van der Waals surface area contributed by atoms with E-state index in [1.807, 2.05) is 30.3 Å². The van der Waals surface area contributed by atoms with Gasteiger partial charge in [0.2, 0.25) is 0 Å². The average molecular weight is 511 g/mol. The van der Waals surface area contributed by atoms with Gasteiger partial charge in [0.25, 0.3) is 0 Å². The Morgan fingerprint density at radius 2 is 1.63 bits per heavy atom. The molecule has 198 valence electrons. The van der Waals surface area contributed by atoms with E-state index < -0.39 is 38.1 Å². The van der Waals surface area contributed by atoms with Crippen molar-refractivity contribution in [3.05, 3.63) is 35.9 Å². The number of hydrogen-bond donors (Lipinski definition) is 1. The van der Waals surface area contributed by atoms with E-state index in [0.29, 0.717) is 0 Å². The van der Waals surface area contributed by atoms with Crippen molar-refractivity contribution in [1.82, 2.24) is 10.2 Å². The highest BCUT2D eigenvalue weighted by Gasteiger charge is 2.38. The van der Waals surface area contributed by atoms with Gasteiger partial charge in [-0.05, 0) is 44.5 Å². The SMILES string of the molecule is COC(=O)CN(CC(CO[Si](C)(C)C(C)(C)C)NC(=O)OC(C)(C)C)C(=O)OCc1ccccc1. The van der Waals surface area contributed by atoms with Crippen molar-refractivity contribution in [1.29, 1.82) is 0 Å². The molecule has 35 heavy (non-hydrogen) atoms. The molecule has 9 nitrogen and oxygen atoms in total. The number of alkyl carbamates (subject to hydrolysis) is 1. The van der Waals surface area contributed by atoms with E-state index in [1.165, 1.54) is 12.0 Å². The van der Waals surface area contributed by atoms with E-state index in [2.05, 4.69) is 39.2 Å². The van der Waals surface area contributed by atoms with Crippen LogP contribution in [-0.2, 0) is 30.0 Å². The lowest BCUT2D eigenvalue weighted by molar-refractivity contribution is -0.141. The number of ether oxygens (including phenoxy) is 3. The van der Waals surface area contributed by atoms with Crippen LogP contribution in [0.2, 0.25) is 18.1 Å². The number of amides is 2. The molecule has 0 aliphatic carbocycles. The highest BCUT2D eigenvalue weighted by molar-refractivity contribution is 6.74. The molecule has 0 saturated carbocycles. The third-order valence-electron chi connectivity index (χ3n) is 5.62. The van der Waals surface area contributed by atoms with Crippen LogP contribution >= 0.6 is 0 Å². The molecule has 1 rings (SSSR count). The summed E-state index contributed by atoms with van der Waals surface area (Å²) >= 11 is 0. The second-order valence-corrected chi connectivity index (χ2v) is 15.7. The van der Waals surface area contributed by atoms with E-state index >= 15 is 0 Å². The minimum atomic E-state index is -2.16. The predicted molar refractivity (Wildman–Crippen MR) is 137 cm³/mol. The number of benzene rings is 1. The Morgan fingerprint density at radius 1 is 1.03 bits per heavy atom. The van der Waals surface area contributed by atoms with Crippen molar-refractivity contribution in [2.45, 2.75) is 77.9 Å². The molecular weight excluding hydrogens is 468 g/mol. The van der Waals surface area contributed by atoms with Gasteiger partial charge >= 0.3 is 18.2 Å². The fourth-order valence-corrected chi connectivity index (χ4v) is 3.69. The van der Waals surface area contributed by atoms with Gasteiger partial charge in [-0.3, -0.25) is 9.69 Å². The molecule has 0 radical (unpaired) electrons. The molecule has 0 saturated heterocycles. The van der Waals surface area contributed by atoms with Crippen molar-refractivity contribution in [3.63, 3.8) is 0 Å². The molecule has 0 aromatic heterocycles. The molecule has 2 amide bonds. The number of carbonyl (C=O) groups is 3. The van der Waals surface area contributed by atoms with Crippen molar-refractivity contribution in [2.75, 3.05) is 26.8 Å². The Labute approximate surface area is 210 Å². The highest BCUT2D eigenvalue weighted by atomic mass is 28.4. The number of hydrogen-bond acceptors (Lipinski definition) is 7. The second kappa shape index (κ2) is 12.9. The van der Waals surface area contributed by atoms with Gasteiger partial charge in [-0.15, -0.1) is 0 Å². The number of nitrogens with zero attached hydrogens (tertiary/aromatic N) is 1. The maximum absolute atomic E-state index is 12.9. The van der Waals surface area contributed by atoms with Crippen molar-refractivity contribution in [3.8, 4) is 0 Å². The molecule has 0 spiro atoms. The molecule has 0 bridgehead atoms. The zero-order valence-electron chi connectivity index (χ0n) is 22.6. The number of carbonyl (C=O) groups excluding carboxylic acids is 3. The Balaban J connectivity index is 3.04. The van der Waals surface area contributed by atoms with Gasteiger partial charge in [-0.2, -0.15) is 0 Å². The minimum absolute atomic E-state index is 0.0312. The Kier molecular flexibility index (Phi) is 11.2. The second-order valence-electron chi connectivity index (χ2n) is 10.9. The summed E-state index contributed by atoms with van der Waals surface area (Å²) in [5.41, 5.74) is 0.110. The first-order chi connectivity index (χ1) is 16.0. The molecule has 0 aliphatic rings. The maximum Gasteiger partial charge on any atom is 0.410 e. The van der Waals surface area contributed by atoms with Gasteiger partial charge in [0, 0.05) is 6.54 Å². The number of nitrogens with one attached hydrogen (secondary N) is 1. The van der Waals surface area contributed by atoms with Crippen LogP contribution in [-0.4, -0.2) is 69.8 Å². The van der Waals surface area contributed by atoms with E-state index in [4.69, 9.17) is 18.6 Å².